The summed E-state index contributed by atoms with van der Waals surface area (Å²) in [7, 11) is 0. The van der Waals surface area contributed by atoms with E-state index in [1.807, 2.05) is 0 Å². The number of alkyl halides is 3. The second-order valence-electron chi connectivity index (χ2n) is 4.05. The molecule has 15 heavy (non-hydrogen) atoms. The van der Waals surface area contributed by atoms with Gasteiger partial charge in [0.25, 0.3) is 0 Å². The van der Waals surface area contributed by atoms with Gasteiger partial charge in [0.1, 0.15) is 6.04 Å². The number of nitrogens with one attached hydrogen (secondary N) is 1. The lowest BCUT2D eigenvalue weighted by Gasteiger charge is -2.44. The molecule has 2 aliphatic heterocycles. The molecule has 2 atom stereocenters. The van der Waals surface area contributed by atoms with E-state index in [0.29, 0.717) is 13.0 Å². The number of piperidine rings is 1. The number of hydrogen-bond acceptors (Lipinski definition) is 2. The van der Waals surface area contributed by atoms with Gasteiger partial charge in [0.05, 0.1) is 6.04 Å². The Morgan fingerprint density at radius 3 is 2.73 bits per heavy atom. The summed E-state index contributed by atoms with van der Waals surface area (Å²) in [5.41, 5.74) is 0. The Kier molecular flexibility index (Phi) is 2.62. The highest BCUT2D eigenvalue weighted by molar-refractivity contribution is 5.82. The predicted molar refractivity (Wildman–Crippen MR) is 47.2 cm³/mol. The summed E-state index contributed by atoms with van der Waals surface area (Å²) < 4.78 is 37.9. The van der Waals surface area contributed by atoms with Crippen molar-refractivity contribution in [2.75, 3.05) is 13.1 Å². The van der Waals surface area contributed by atoms with Crippen molar-refractivity contribution in [1.82, 2.24) is 10.2 Å². The average Bonchev–Trinajstić information content (AvgIpc) is 2.17. The average molecular weight is 222 g/mol. The van der Waals surface area contributed by atoms with Gasteiger partial charge >= 0.3 is 6.18 Å². The van der Waals surface area contributed by atoms with Crippen LogP contribution in [0, 0.1) is 0 Å². The maximum Gasteiger partial charge on any atom is 0.405 e. The molecule has 2 aliphatic rings. The van der Waals surface area contributed by atoms with Crippen LogP contribution in [0.4, 0.5) is 13.2 Å². The van der Waals surface area contributed by atoms with Crippen LogP contribution in [0.5, 0.6) is 0 Å². The van der Waals surface area contributed by atoms with Crippen molar-refractivity contribution in [3.8, 4) is 0 Å². The van der Waals surface area contributed by atoms with Gasteiger partial charge in [-0.15, -0.1) is 0 Å². The first-order chi connectivity index (χ1) is 7.00. The molecule has 2 heterocycles. The molecule has 0 saturated carbocycles. The molecule has 6 heteroatoms. The summed E-state index contributed by atoms with van der Waals surface area (Å²) >= 11 is 0. The van der Waals surface area contributed by atoms with Gasteiger partial charge < -0.3 is 5.32 Å². The summed E-state index contributed by atoms with van der Waals surface area (Å²) in [5.74, 6) is -0.254. The SMILES string of the molecule is O=C1NCC(C(F)(F)F)N2CCCCC12. The molecule has 0 aromatic carbocycles. The molecule has 0 aromatic heterocycles. The molecule has 2 saturated heterocycles. The smallest absolute Gasteiger partial charge is 0.353 e. The minimum absolute atomic E-state index is 0.254. The van der Waals surface area contributed by atoms with Crippen molar-refractivity contribution in [3.05, 3.63) is 0 Å². The van der Waals surface area contributed by atoms with Crippen LogP contribution in [0.1, 0.15) is 19.3 Å². The molecule has 0 spiro atoms. The predicted octanol–water partition coefficient (Wildman–Crippen LogP) is 0.902. The van der Waals surface area contributed by atoms with Crippen LogP contribution in [0.25, 0.3) is 0 Å². The minimum atomic E-state index is -4.25. The van der Waals surface area contributed by atoms with Crippen LogP contribution in [0.2, 0.25) is 0 Å². The second-order valence-corrected chi connectivity index (χ2v) is 4.05. The lowest BCUT2D eigenvalue weighted by atomic mass is 9.96. The van der Waals surface area contributed by atoms with Crippen LogP contribution >= 0.6 is 0 Å². The molecule has 2 unspecified atom stereocenters. The highest BCUT2D eigenvalue weighted by atomic mass is 19.4. The Hall–Kier alpha value is -0.780. The summed E-state index contributed by atoms with van der Waals surface area (Å²) in [5, 5.41) is 2.34. The normalized spacial score (nSPS) is 33.4. The van der Waals surface area contributed by atoms with Gasteiger partial charge in [-0.25, -0.2) is 0 Å². The number of amides is 1. The quantitative estimate of drug-likeness (QED) is 0.660. The zero-order valence-corrected chi connectivity index (χ0v) is 8.18. The van der Waals surface area contributed by atoms with E-state index in [2.05, 4.69) is 5.32 Å². The maximum absolute atomic E-state index is 12.6. The second kappa shape index (κ2) is 3.66. The van der Waals surface area contributed by atoms with E-state index in [1.54, 1.807) is 0 Å². The molecule has 0 radical (unpaired) electrons. The third-order valence-corrected chi connectivity index (χ3v) is 3.09. The minimum Gasteiger partial charge on any atom is -0.353 e. The number of hydrogen-bond donors (Lipinski definition) is 1. The summed E-state index contributed by atoms with van der Waals surface area (Å²) in [6.07, 6.45) is -2.13. The molecule has 1 amide bonds. The van der Waals surface area contributed by atoms with E-state index in [4.69, 9.17) is 0 Å². The number of rotatable bonds is 0. The van der Waals surface area contributed by atoms with E-state index in [1.165, 1.54) is 4.90 Å². The van der Waals surface area contributed by atoms with Crippen LogP contribution in [0.3, 0.4) is 0 Å². The van der Waals surface area contributed by atoms with Crippen molar-refractivity contribution < 1.29 is 18.0 Å². The fourth-order valence-corrected chi connectivity index (χ4v) is 2.34. The van der Waals surface area contributed by atoms with Gasteiger partial charge in [-0.05, 0) is 19.4 Å². The Labute approximate surface area is 85.6 Å². The largest absolute Gasteiger partial charge is 0.405 e. The third-order valence-electron chi connectivity index (χ3n) is 3.09. The third kappa shape index (κ3) is 1.95. The van der Waals surface area contributed by atoms with Crippen molar-refractivity contribution in [1.29, 1.82) is 0 Å². The monoisotopic (exact) mass is 222 g/mol. The first-order valence-corrected chi connectivity index (χ1v) is 5.10. The van der Waals surface area contributed by atoms with Gasteiger partial charge in [0, 0.05) is 6.54 Å². The standard InChI is InChI=1S/C9H13F3N2O/c10-9(11,12)7-5-13-8(15)6-3-1-2-4-14(6)7/h6-7H,1-5H2,(H,13,15). The van der Waals surface area contributed by atoms with Crippen LogP contribution < -0.4 is 5.32 Å². The van der Waals surface area contributed by atoms with Crippen LogP contribution in [-0.4, -0.2) is 42.2 Å². The van der Waals surface area contributed by atoms with E-state index < -0.39 is 18.3 Å². The fraction of sp³-hybridized carbons (Fsp3) is 0.889. The lowest BCUT2D eigenvalue weighted by molar-refractivity contribution is -0.199. The van der Waals surface area contributed by atoms with Crippen molar-refractivity contribution in [3.63, 3.8) is 0 Å². The summed E-state index contributed by atoms with van der Waals surface area (Å²) in [6.45, 7) is 0.0705. The molecule has 0 bridgehead atoms. The lowest BCUT2D eigenvalue weighted by Crippen LogP contribution is -2.65. The molecular formula is C9H13F3N2O. The fourth-order valence-electron chi connectivity index (χ4n) is 2.34. The van der Waals surface area contributed by atoms with Gasteiger partial charge in [-0.2, -0.15) is 13.2 Å². The summed E-state index contributed by atoms with van der Waals surface area (Å²) in [6, 6.07) is -2.07. The Morgan fingerprint density at radius 1 is 1.33 bits per heavy atom. The van der Waals surface area contributed by atoms with Crippen molar-refractivity contribution in [2.24, 2.45) is 0 Å². The molecular weight excluding hydrogens is 209 g/mol. The zero-order chi connectivity index (χ0) is 11.1. The van der Waals surface area contributed by atoms with Crippen LogP contribution in [0.15, 0.2) is 0 Å². The van der Waals surface area contributed by atoms with E-state index in [-0.39, 0.29) is 12.5 Å². The number of carbonyl (C=O) groups excluding carboxylic acids is 1. The van der Waals surface area contributed by atoms with E-state index >= 15 is 0 Å². The van der Waals surface area contributed by atoms with E-state index in [9.17, 15) is 18.0 Å². The number of carbonyl (C=O) groups is 1. The van der Waals surface area contributed by atoms with Crippen molar-refractivity contribution in [2.45, 2.75) is 37.5 Å². The number of piperazine rings is 1. The molecule has 2 fully saturated rings. The highest BCUT2D eigenvalue weighted by Crippen LogP contribution is 2.31. The molecule has 2 rings (SSSR count). The highest BCUT2D eigenvalue weighted by Gasteiger charge is 2.50. The van der Waals surface area contributed by atoms with Crippen molar-refractivity contribution >= 4 is 5.91 Å². The van der Waals surface area contributed by atoms with Gasteiger partial charge in [-0.3, -0.25) is 9.69 Å². The molecule has 86 valence electrons. The molecule has 1 N–H and O–H groups in total. The van der Waals surface area contributed by atoms with Gasteiger partial charge in [0.15, 0.2) is 0 Å². The van der Waals surface area contributed by atoms with Crippen LogP contribution in [-0.2, 0) is 4.79 Å². The zero-order valence-electron chi connectivity index (χ0n) is 8.18. The summed E-state index contributed by atoms with van der Waals surface area (Å²) in [4.78, 5) is 12.7. The Morgan fingerprint density at radius 2 is 2.07 bits per heavy atom. The molecule has 3 nitrogen and oxygen atoms in total. The molecule has 0 aliphatic carbocycles. The van der Waals surface area contributed by atoms with Gasteiger partial charge in [0.2, 0.25) is 5.91 Å². The number of fused-ring (bicyclic) bond motifs is 1. The topological polar surface area (TPSA) is 32.3 Å². The first-order valence-electron chi connectivity index (χ1n) is 5.10. The maximum atomic E-state index is 12.6. The Bertz CT molecular complexity index is 267. The Balaban J connectivity index is 2.17. The first kappa shape index (κ1) is 10.7. The van der Waals surface area contributed by atoms with E-state index in [0.717, 1.165) is 12.8 Å². The number of nitrogens with zero attached hydrogens (tertiary/aromatic N) is 1. The number of halogens is 3. The van der Waals surface area contributed by atoms with Gasteiger partial charge in [-0.1, -0.05) is 6.42 Å². The molecule has 0 aromatic rings.